The second-order valence-corrected chi connectivity index (χ2v) is 7.60. The Hall–Kier alpha value is -3.05. The molecule has 0 atom stereocenters. The van der Waals surface area contributed by atoms with Gasteiger partial charge in [0, 0.05) is 22.7 Å². The number of para-hydroxylation sites is 1. The number of carbonyl (C=O) groups is 2. The summed E-state index contributed by atoms with van der Waals surface area (Å²) in [6.07, 6.45) is 0.942. The van der Waals surface area contributed by atoms with E-state index in [1.54, 1.807) is 11.8 Å². The molecule has 0 radical (unpaired) electrons. The number of anilines is 2. The molecule has 0 heterocycles. The Labute approximate surface area is 175 Å². The average molecular weight is 405 g/mol. The topological polar surface area (TPSA) is 58.2 Å². The van der Waals surface area contributed by atoms with Crippen LogP contribution in [0.4, 0.5) is 11.4 Å². The lowest BCUT2D eigenvalue weighted by molar-refractivity contribution is -0.113. The maximum atomic E-state index is 12.3. The van der Waals surface area contributed by atoms with Gasteiger partial charge in [-0.25, -0.2) is 0 Å². The highest BCUT2D eigenvalue weighted by atomic mass is 32.2. The number of rotatable bonds is 8. The Balaban J connectivity index is 1.45. The van der Waals surface area contributed by atoms with Crippen molar-refractivity contribution in [3.63, 3.8) is 0 Å². The molecule has 3 aromatic rings. The van der Waals surface area contributed by atoms with Crippen LogP contribution in [0.1, 0.15) is 28.4 Å². The van der Waals surface area contributed by atoms with Crippen LogP contribution in [0.5, 0.6) is 0 Å². The Morgan fingerprint density at radius 1 is 0.793 bits per heavy atom. The van der Waals surface area contributed by atoms with Gasteiger partial charge in [0.25, 0.3) is 5.91 Å². The smallest absolute Gasteiger partial charge is 0.255 e. The Bertz CT molecular complexity index is 956. The quantitative estimate of drug-likeness (QED) is 0.530. The monoisotopic (exact) mass is 404 g/mol. The van der Waals surface area contributed by atoms with Crippen molar-refractivity contribution in [2.75, 3.05) is 16.4 Å². The van der Waals surface area contributed by atoms with Gasteiger partial charge in [-0.1, -0.05) is 49.4 Å². The largest absolute Gasteiger partial charge is 0.325 e. The predicted molar refractivity (Wildman–Crippen MR) is 121 cm³/mol. The molecule has 0 unspecified atom stereocenters. The van der Waals surface area contributed by atoms with Gasteiger partial charge in [0.1, 0.15) is 0 Å². The number of amides is 2. The van der Waals surface area contributed by atoms with Gasteiger partial charge in [-0.3, -0.25) is 9.59 Å². The summed E-state index contributed by atoms with van der Waals surface area (Å²) in [5, 5.41) is 5.81. The molecule has 148 valence electrons. The number of aryl methyl sites for hydroxylation is 1. The van der Waals surface area contributed by atoms with Crippen molar-refractivity contribution in [3.8, 4) is 0 Å². The van der Waals surface area contributed by atoms with E-state index in [-0.39, 0.29) is 11.8 Å². The third kappa shape index (κ3) is 6.50. The minimum Gasteiger partial charge on any atom is -0.325 e. The Kier molecular flexibility index (Phi) is 7.47. The third-order valence-electron chi connectivity index (χ3n) is 4.37. The molecule has 29 heavy (non-hydrogen) atoms. The van der Waals surface area contributed by atoms with E-state index in [1.165, 1.54) is 5.56 Å². The fourth-order valence-corrected chi connectivity index (χ4v) is 3.59. The number of nitrogens with one attached hydrogen (secondary N) is 2. The summed E-state index contributed by atoms with van der Waals surface area (Å²) in [5.74, 6) is 0.946. The summed E-state index contributed by atoms with van der Waals surface area (Å²) < 4.78 is 0. The zero-order valence-corrected chi connectivity index (χ0v) is 17.2. The van der Waals surface area contributed by atoms with Gasteiger partial charge >= 0.3 is 0 Å². The maximum absolute atomic E-state index is 12.3. The minimum atomic E-state index is -0.135. The van der Waals surface area contributed by atoms with E-state index in [0.717, 1.165) is 23.4 Å². The standard InChI is InChI=1S/C24H24N2O2S/c1-2-18-7-6-10-22(15-18)25-23(27)17-29-16-19-11-13-20(14-12-19)24(28)26-21-8-4-3-5-9-21/h3-15H,2,16-17H2,1H3,(H,25,27)(H,26,28). The molecule has 5 heteroatoms. The van der Waals surface area contributed by atoms with Crippen LogP contribution in [0, 0.1) is 0 Å². The van der Waals surface area contributed by atoms with Crippen LogP contribution < -0.4 is 10.6 Å². The summed E-state index contributed by atoms with van der Waals surface area (Å²) in [4.78, 5) is 24.4. The zero-order valence-electron chi connectivity index (χ0n) is 16.4. The zero-order chi connectivity index (χ0) is 20.5. The molecule has 4 nitrogen and oxygen atoms in total. The van der Waals surface area contributed by atoms with Crippen LogP contribution in [0.2, 0.25) is 0 Å². The van der Waals surface area contributed by atoms with E-state index in [2.05, 4.69) is 17.6 Å². The van der Waals surface area contributed by atoms with Crippen molar-refractivity contribution in [1.29, 1.82) is 0 Å². The van der Waals surface area contributed by atoms with E-state index in [9.17, 15) is 9.59 Å². The van der Waals surface area contributed by atoms with Crippen molar-refractivity contribution < 1.29 is 9.59 Å². The molecule has 0 saturated carbocycles. The summed E-state index contributed by atoms with van der Waals surface area (Å²) in [7, 11) is 0. The van der Waals surface area contributed by atoms with Crippen LogP contribution in [-0.2, 0) is 17.0 Å². The fourth-order valence-electron chi connectivity index (χ4n) is 2.80. The minimum absolute atomic E-state index is 0.0119. The number of hydrogen-bond acceptors (Lipinski definition) is 3. The van der Waals surface area contributed by atoms with Gasteiger partial charge in [-0.15, -0.1) is 11.8 Å². The summed E-state index contributed by atoms with van der Waals surface area (Å²) in [6.45, 7) is 2.09. The van der Waals surface area contributed by atoms with E-state index in [0.29, 0.717) is 17.1 Å². The summed E-state index contributed by atoms with van der Waals surface area (Å²) >= 11 is 1.55. The molecule has 0 bridgehead atoms. The molecule has 0 aromatic heterocycles. The molecule has 0 aliphatic heterocycles. The van der Waals surface area contributed by atoms with Crippen LogP contribution in [0.15, 0.2) is 78.9 Å². The molecule has 2 N–H and O–H groups in total. The van der Waals surface area contributed by atoms with Gasteiger partial charge < -0.3 is 10.6 Å². The lowest BCUT2D eigenvalue weighted by atomic mass is 10.1. The molecule has 2 amide bonds. The van der Waals surface area contributed by atoms with Crippen LogP contribution in [0.3, 0.4) is 0 Å². The van der Waals surface area contributed by atoms with E-state index in [1.807, 2.05) is 78.9 Å². The van der Waals surface area contributed by atoms with Gasteiger partial charge in [0.2, 0.25) is 5.91 Å². The number of thioether (sulfide) groups is 1. The average Bonchev–Trinajstić information content (AvgIpc) is 2.75. The number of carbonyl (C=O) groups excluding carboxylic acids is 2. The first-order chi connectivity index (χ1) is 14.1. The highest BCUT2D eigenvalue weighted by Crippen LogP contribution is 2.16. The first-order valence-corrected chi connectivity index (χ1v) is 10.7. The lowest BCUT2D eigenvalue weighted by Gasteiger charge is -2.08. The van der Waals surface area contributed by atoms with E-state index >= 15 is 0 Å². The second-order valence-electron chi connectivity index (χ2n) is 6.61. The van der Waals surface area contributed by atoms with E-state index in [4.69, 9.17) is 0 Å². The molecular weight excluding hydrogens is 380 g/mol. The Morgan fingerprint density at radius 2 is 1.52 bits per heavy atom. The number of hydrogen-bond donors (Lipinski definition) is 2. The molecule has 0 fully saturated rings. The molecule has 0 aliphatic rings. The van der Waals surface area contributed by atoms with E-state index < -0.39 is 0 Å². The maximum Gasteiger partial charge on any atom is 0.255 e. The van der Waals surface area contributed by atoms with Crippen molar-refractivity contribution >= 4 is 35.0 Å². The molecule has 0 spiro atoms. The summed E-state index contributed by atoms with van der Waals surface area (Å²) in [5.41, 5.74) is 4.49. The first-order valence-electron chi connectivity index (χ1n) is 9.56. The molecule has 0 saturated heterocycles. The van der Waals surface area contributed by atoms with Gasteiger partial charge in [0.05, 0.1) is 5.75 Å². The Morgan fingerprint density at radius 3 is 2.24 bits per heavy atom. The van der Waals surface area contributed by atoms with Crippen molar-refractivity contribution in [2.45, 2.75) is 19.1 Å². The molecule has 3 aromatic carbocycles. The third-order valence-corrected chi connectivity index (χ3v) is 5.37. The van der Waals surface area contributed by atoms with Gasteiger partial charge in [-0.05, 0) is 53.9 Å². The van der Waals surface area contributed by atoms with Crippen molar-refractivity contribution in [3.05, 3.63) is 95.6 Å². The molecule has 3 rings (SSSR count). The van der Waals surface area contributed by atoms with Crippen molar-refractivity contribution in [1.82, 2.24) is 0 Å². The second kappa shape index (κ2) is 10.5. The number of benzene rings is 3. The highest BCUT2D eigenvalue weighted by Gasteiger charge is 2.07. The fraction of sp³-hybridized carbons (Fsp3) is 0.167. The van der Waals surface area contributed by atoms with Crippen molar-refractivity contribution in [2.24, 2.45) is 0 Å². The molecular formula is C24H24N2O2S. The van der Waals surface area contributed by atoms with Crippen LogP contribution in [-0.4, -0.2) is 17.6 Å². The van der Waals surface area contributed by atoms with Crippen LogP contribution >= 0.6 is 11.8 Å². The SMILES string of the molecule is CCc1cccc(NC(=O)CSCc2ccc(C(=O)Nc3ccccc3)cc2)c1. The normalized spacial score (nSPS) is 10.4. The summed E-state index contributed by atoms with van der Waals surface area (Å²) in [6, 6.07) is 24.8. The predicted octanol–water partition coefficient (Wildman–Crippen LogP) is 5.37. The van der Waals surface area contributed by atoms with Crippen LogP contribution in [0.25, 0.3) is 0 Å². The lowest BCUT2D eigenvalue weighted by Crippen LogP contribution is -2.14. The first kappa shape index (κ1) is 20.7. The highest BCUT2D eigenvalue weighted by molar-refractivity contribution is 7.99. The molecule has 0 aliphatic carbocycles. The van der Waals surface area contributed by atoms with Gasteiger partial charge in [0.15, 0.2) is 0 Å². The van der Waals surface area contributed by atoms with Gasteiger partial charge in [-0.2, -0.15) is 0 Å².